The lowest BCUT2D eigenvalue weighted by molar-refractivity contribution is -0.122. The average Bonchev–Trinajstić information content (AvgIpc) is 3.06. The minimum Gasteiger partial charge on any atom is -0.462 e. The van der Waals surface area contributed by atoms with Crippen molar-refractivity contribution in [3.8, 4) is 0 Å². The molecule has 0 aliphatic carbocycles. The van der Waals surface area contributed by atoms with Gasteiger partial charge in [-0.3, -0.25) is 9.59 Å². The van der Waals surface area contributed by atoms with Crippen LogP contribution >= 0.6 is 0 Å². The molecule has 2 amide bonds. The number of nitrogens with one attached hydrogen (secondary N) is 1. The molecule has 2 aromatic carbocycles. The number of ether oxygens (including phenoxy) is 1. The topological polar surface area (TPSA) is 75.7 Å². The van der Waals surface area contributed by atoms with Crippen LogP contribution < -0.4 is 10.2 Å². The van der Waals surface area contributed by atoms with Crippen LogP contribution in [-0.2, 0) is 14.3 Å². The molecule has 3 rings (SSSR count). The predicted molar refractivity (Wildman–Crippen MR) is 107 cm³/mol. The van der Waals surface area contributed by atoms with Crippen LogP contribution in [0.5, 0.6) is 0 Å². The Kier molecular flexibility index (Phi) is 5.78. The summed E-state index contributed by atoms with van der Waals surface area (Å²) in [6, 6.07) is 12.5. The summed E-state index contributed by atoms with van der Waals surface area (Å²) in [5, 5.41) is 2.81. The third-order valence-electron chi connectivity index (χ3n) is 4.94. The maximum Gasteiger partial charge on any atom is 0.338 e. The van der Waals surface area contributed by atoms with E-state index in [9.17, 15) is 14.4 Å². The van der Waals surface area contributed by atoms with Crippen LogP contribution in [0.4, 0.5) is 11.4 Å². The Hall–Kier alpha value is -3.15. The summed E-state index contributed by atoms with van der Waals surface area (Å²) >= 11 is 0. The first-order valence-corrected chi connectivity index (χ1v) is 9.34. The van der Waals surface area contributed by atoms with Gasteiger partial charge < -0.3 is 15.0 Å². The quantitative estimate of drug-likeness (QED) is 0.806. The van der Waals surface area contributed by atoms with Crippen LogP contribution in [0.15, 0.2) is 42.5 Å². The number of rotatable bonds is 5. The highest BCUT2D eigenvalue weighted by Crippen LogP contribution is 2.27. The summed E-state index contributed by atoms with van der Waals surface area (Å²) in [4.78, 5) is 38.6. The van der Waals surface area contributed by atoms with Crippen molar-refractivity contribution < 1.29 is 19.1 Å². The van der Waals surface area contributed by atoms with Crippen molar-refractivity contribution in [2.24, 2.45) is 5.92 Å². The van der Waals surface area contributed by atoms with Crippen LogP contribution in [0.2, 0.25) is 0 Å². The SMILES string of the molecule is CCOC(=O)c1cccc(NC(=O)[C@H]2CC(=O)N(c3ccc(C)c(C)c3)C2)c1. The van der Waals surface area contributed by atoms with Crippen molar-refractivity contribution in [3.05, 3.63) is 59.2 Å². The normalized spacial score (nSPS) is 16.2. The zero-order valence-electron chi connectivity index (χ0n) is 16.3. The summed E-state index contributed by atoms with van der Waals surface area (Å²) in [6.45, 7) is 6.38. The number of hydrogen-bond acceptors (Lipinski definition) is 4. The Morgan fingerprint density at radius 1 is 1.14 bits per heavy atom. The minimum absolute atomic E-state index is 0.0660. The van der Waals surface area contributed by atoms with E-state index in [0.29, 0.717) is 17.8 Å². The molecule has 0 spiro atoms. The largest absolute Gasteiger partial charge is 0.462 e. The fourth-order valence-corrected chi connectivity index (χ4v) is 3.21. The summed E-state index contributed by atoms with van der Waals surface area (Å²) in [6.07, 6.45) is 0.163. The van der Waals surface area contributed by atoms with Crippen molar-refractivity contribution >= 4 is 29.2 Å². The molecule has 1 fully saturated rings. The van der Waals surface area contributed by atoms with E-state index >= 15 is 0 Å². The second-order valence-electron chi connectivity index (χ2n) is 6.96. The number of anilines is 2. The van der Waals surface area contributed by atoms with E-state index in [-0.39, 0.29) is 24.8 Å². The number of hydrogen-bond donors (Lipinski definition) is 1. The number of carbonyl (C=O) groups is 3. The van der Waals surface area contributed by atoms with Gasteiger partial charge in [0, 0.05) is 24.3 Å². The van der Waals surface area contributed by atoms with E-state index in [1.165, 1.54) is 0 Å². The number of esters is 1. The molecule has 146 valence electrons. The van der Waals surface area contributed by atoms with Gasteiger partial charge >= 0.3 is 5.97 Å². The van der Waals surface area contributed by atoms with Crippen molar-refractivity contribution in [1.82, 2.24) is 0 Å². The van der Waals surface area contributed by atoms with E-state index < -0.39 is 11.9 Å². The van der Waals surface area contributed by atoms with Crippen LogP contribution in [0, 0.1) is 19.8 Å². The van der Waals surface area contributed by atoms with E-state index in [0.717, 1.165) is 16.8 Å². The number of aryl methyl sites for hydroxylation is 2. The molecule has 6 nitrogen and oxygen atoms in total. The molecule has 1 N–H and O–H groups in total. The monoisotopic (exact) mass is 380 g/mol. The van der Waals surface area contributed by atoms with Gasteiger partial charge in [-0.1, -0.05) is 12.1 Å². The molecule has 0 unspecified atom stereocenters. The first kappa shape index (κ1) is 19.6. The van der Waals surface area contributed by atoms with Crippen LogP contribution in [-0.4, -0.2) is 30.9 Å². The van der Waals surface area contributed by atoms with Crippen molar-refractivity contribution in [2.75, 3.05) is 23.4 Å². The van der Waals surface area contributed by atoms with Gasteiger partial charge in [-0.15, -0.1) is 0 Å². The fraction of sp³-hybridized carbons (Fsp3) is 0.318. The minimum atomic E-state index is -0.444. The lowest BCUT2D eigenvalue weighted by Crippen LogP contribution is -2.28. The van der Waals surface area contributed by atoms with Crippen molar-refractivity contribution in [1.29, 1.82) is 0 Å². The standard InChI is InChI=1S/C22H24N2O4/c1-4-28-22(27)16-6-5-7-18(11-16)23-21(26)17-12-20(25)24(13-17)19-9-8-14(2)15(3)10-19/h5-11,17H,4,12-13H2,1-3H3,(H,23,26)/t17-/m0/s1. The zero-order chi connectivity index (χ0) is 20.3. The van der Waals surface area contributed by atoms with Crippen LogP contribution in [0.1, 0.15) is 34.8 Å². The Morgan fingerprint density at radius 2 is 1.93 bits per heavy atom. The van der Waals surface area contributed by atoms with Crippen molar-refractivity contribution in [2.45, 2.75) is 27.2 Å². The molecule has 1 aliphatic heterocycles. The van der Waals surface area contributed by atoms with Gasteiger partial charge in [0.05, 0.1) is 18.1 Å². The van der Waals surface area contributed by atoms with E-state index in [2.05, 4.69) is 5.32 Å². The Balaban J connectivity index is 1.69. The maximum atomic E-state index is 12.7. The van der Waals surface area contributed by atoms with Gasteiger partial charge in [0.15, 0.2) is 0 Å². The smallest absolute Gasteiger partial charge is 0.338 e. The molecular weight excluding hydrogens is 356 g/mol. The van der Waals surface area contributed by atoms with Gasteiger partial charge in [0.1, 0.15) is 0 Å². The van der Waals surface area contributed by atoms with Gasteiger partial charge in [-0.25, -0.2) is 4.79 Å². The van der Waals surface area contributed by atoms with Gasteiger partial charge in [0.2, 0.25) is 11.8 Å². The van der Waals surface area contributed by atoms with Gasteiger partial charge in [-0.05, 0) is 62.2 Å². The molecule has 0 bridgehead atoms. The van der Waals surface area contributed by atoms with Crippen LogP contribution in [0.25, 0.3) is 0 Å². The molecule has 0 radical (unpaired) electrons. The second-order valence-corrected chi connectivity index (χ2v) is 6.96. The first-order chi connectivity index (χ1) is 13.4. The molecule has 2 aromatic rings. The Bertz CT molecular complexity index is 923. The highest BCUT2D eigenvalue weighted by Gasteiger charge is 2.35. The van der Waals surface area contributed by atoms with E-state index in [1.807, 2.05) is 32.0 Å². The average molecular weight is 380 g/mol. The van der Waals surface area contributed by atoms with Crippen molar-refractivity contribution in [3.63, 3.8) is 0 Å². The number of carbonyl (C=O) groups excluding carboxylic acids is 3. The second kappa shape index (κ2) is 8.25. The summed E-state index contributed by atoms with van der Waals surface area (Å²) < 4.78 is 4.98. The van der Waals surface area contributed by atoms with Gasteiger partial charge in [0.25, 0.3) is 0 Å². The molecule has 0 aromatic heterocycles. The third kappa shape index (κ3) is 4.22. The molecule has 1 atom stereocenters. The third-order valence-corrected chi connectivity index (χ3v) is 4.94. The lowest BCUT2D eigenvalue weighted by Gasteiger charge is -2.18. The molecule has 0 saturated carbocycles. The number of benzene rings is 2. The number of nitrogens with zero attached hydrogens (tertiary/aromatic N) is 1. The highest BCUT2D eigenvalue weighted by molar-refractivity contribution is 6.04. The predicted octanol–water partition coefficient (Wildman–Crippen LogP) is 3.47. The highest BCUT2D eigenvalue weighted by atomic mass is 16.5. The van der Waals surface area contributed by atoms with Gasteiger partial charge in [-0.2, -0.15) is 0 Å². The molecule has 1 aliphatic rings. The summed E-state index contributed by atoms with van der Waals surface area (Å²) in [5.74, 6) is -1.18. The van der Waals surface area contributed by atoms with Crippen LogP contribution in [0.3, 0.4) is 0 Å². The lowest BCUT2D eigenvalue weighted by atomic mass is 10.1. The Morgan fingerprint density at radius 3 is 2.64 bits per heavy atom. The molecular formula is C22H24N2O4. The first-order valence-electron chi connectivity index (χ1n) is 9.34. The fourth-order valence-electron chi connectivity index (χ4n) is 3.21. The molecule has 1 saturated heterocycles. The molecule has 28 heavy (non-hydrogen) atoms. The Labute approximate surface area is 164 Å². The molecule has 1 heterocycles. The molecule has 6 heteroatoms. The zero-order valence-corrected chi connectivity index (χ0v) is 16.3. The maximum absolute atomic E-state index is 12.7. The van der Waals surface area contributed by atoms with E-state index in [1.54, 1.807) is 36.1 Å². The summed E-state index contributed by atoms with van der Waals surface area (Å²) in [7, 11) is 0. The van der Waals surface area contributed by atoms with E-state index in [4.69, 9.17) is 4.74 Å². The summed E-state index contributed by atoms with van der Waals surface area (Å²) in [5.41, 5.74) is 3.96. The number of amides is 2.